The molecule has 0 radical (unpaired) electrons. The molecule has 0 aliphatic carbocycles. The Hall–Kier alpha value is -4.03. The number of benzene rings is 1. The molecule has 0 unspecified atom stereocenters. The van der Waals surface area contributed by atoms with Crippen LogP contribution in [0.1, 0.15) is 5.69 Å². The molecule has 4 rings (SSSR count). The summed E-state index contributed by atoms with van der Waals surface area (Å²) < 4.78 is 78.5. The lowest BCUT2D eigenvalue weighted by molar-refractivity contribution is -0.141. The van der Waals surface area contributed by atoms with E-state index in [1.165, 1.54) is 19.3 Å². The van der Waals surface area contributed by atoms with E-state index in [2.05, 4.69) is 15.4 Å². The van der Waals surface area contributed by atoms with Crippen molar-refractivity contribution in [2.45, 2.75) is 12.4 Å². The van der Waals surface area contributed by atoms with Gasteiger partial charge < -0.3 is 10.6 Å². The quantitative estimate of drug-likeness (QED) is 0.397. The molecule has 0 saturated carbocycles. The average Bonchev–Trinajstić information content (AvgIpc) is 3.35. The van der Waals surface area contributed by atoms with Gasteiger partial charge in [-0.15, -0.1) is 0 Å². The highest BCUT2D eigenvalue weighted by Gasteiger charge is 2.34. The summed E-state index contributed by atoms with van der Waals surface area (Å²) in [5.74, 6) is 0. The molecule has 0 fully saturated rings. The van der Waals surface area contributed by atoms with Crippen molar-refractivity contribution in [3.05, 3.63) is 60.6 Å². The van der Waals surface area contributed by atoms with E-state index in [4.69, 9.17) is 0 Å². The number of carbonyl (C=O) groups is 1. The molecule has 4 aromatic rings. The van der Waals surface area contributed by atoms with E-state index in [1.807, 2.05) is 0 Å². The lowest BCUT2D eigenvalue weighted by atomic mass is 10.1. The zero-order valence-corrected chi connectivity index (χ0v) is 17.4. The molecule has 0 atom stereocenters. The highest BCUT2D eigenvalue weighted by Crippen LogP contribution is 2.32. The Morgan fingerprint density at radius 3 is 2.41 bits per heavy atom. The highest BCUT2D eigenvalue weighted by atomic mass is 19.4. The SMILES string of the molecule is Cn1nc(C(F)(F)F)cc1-c1ccn2c(-c3cccc(NC(=O)NCC(F)(F)F)c3)cnc2c1. The van der Waals surface area contributed by atoms with E-state index in [0.29, 0.717) is 22.5 Å². The Labute approximate surface area is 188 Å². The predicted octanol–water partition coefficient (Wildman–Crippen LogP) is 5.10. The van der Waals surface area contributed by atoms with Crippen molar-refractivity contribution in [1.82, 2.24) is 24.5 Å². The van der Waals surface area contributed by atoms with Crippen molar-refractivity contribution in [2.24, 2.45) is 7.05 Å². The highest BCUT2D eigenvalue weighted by molar-refractivity contribution is 5.90. The molecule has 0 saturated heterocycles. The Kier molecular flexibility index (Phi) is 5.71. The molecule has 2 amide bonds. The second kappa shape index (κ2) is 8.39. The monoisotopic (exact) mass is 482 g/mol. The predicted molar refractivity (Wildman–Crippen MR) is 111 cm³/mol. The number of nitrogens with zero attached hydrogens (tertiary/aromatic N) is 4. The number of hydrogen-bond acceptors (Lipinski definition) is 3. The van der Waals surface area contributed by atoms with E-state index in [1.54, 1.807) is 46.2 Å². The van der Waals surface area contributed by atoms with Gasteiger partial charge in [0.2, 0.25) is 0 Å². The van der Waals surface area contributed by atoms with Crippen LogP contribution in [0.15, 0.2) is 54.9 Å². The number of amides is 2. The molecule has 0 spiro atoms. The van der Waals surface area contributed by atoms with Crippen molar-refractivity contribution in [1.29, 1.82) is 0 Å². The first kappa shape index (κ1) is 23.1. The van der Waals surface area contributed by atoms with Crippen LogP contribution < -0.4 is 10.6 Å². The number of carbonyl (C=O) groups excluding carboxylic acids is 1. The summed E-state index contributed by atoms with van der Waals surface area (Å²) >= 11 is 0. The Balaban J connectivity index is 1.59. The van der Waals surface area contributed by atoms with Gasteiger partial charge in [-0.25, -0.2) is 9.78 Å². The van der Waals surface area contributed by atoms with Crippen molar-refractivity contribution < 1.29 is 31.1 Å². The van der Waals surface area contributed by atoms with Crippen molar-refractivity contribution in [3.63, 3.8) is 0 Å². The van der Waals surface area contributed by atoms with Crippen LogP contribution in [-0.2, 0) is 13.2 Å². The first-order valence-corrected chi connectivity index (χ1v) is 9.71. The number of nitrogens with one attached hydrogen (secondary N) is 2. The first-order valence-electron chi connectivity index (χ1n) is 9.71. The minimum atomic E-state index is -4.57. The van der Waals surface area contributed by atoms with E-state index < -0.39 is 30.6 Å². The van der Waals surface area contributed by atoms with Gasteiger partial charge in [-0.3, -0.25) is 9.08 Å². The molecule has 7 nitrogen and oxygen atoms in total. The third-order valence-corrected chi connectivity index (χ3v) is 4.84. The summed E-state index contributed by atoms with van der Waals surface area (Å²) in [5, 5.41) is 7.57. The molecule has 178 valence electrons. The fraction of sp³-hybridized carbons (Fsp3) is 0.190. The van der Waals surface area contributed by atoms with Gasteiger partial charge in [0.25, 0.3) is 0 Å². The topological polar surface area (TPSA) is 76.2 Å². The number of aryl methyl sites for hydroxylation is 1. The molecular formula is C21H16F6N6O. The maximum Gasteiger partial charge on any atom is 0.435 e. The van der Waals surface area contributed by atoms with Gasteiger partial charge in [0.1, 0.15) is 12.2 Å². The molecule has 13 heteroatoms. The number of imidazole rings is 1. The minimum absolute atomic E-state index is 0.260. The number of alkyl halides is 6. The van der Waals surface area contributed by atoms with Gasteiger partial charge >= 0.3 is 18.4 Å². The molecular weight excluding hydrogens is 466 g/mol. The lowest BCUT2D eigenvalue weighted by Gasteiger charge is -2.11. The van der Waals surface area contributed by atoms with E-state index in [0.717, 1.165) is 10.7 Å². The number of urea groups is 1. The van der Waals surface area contributed by atoms with E-state index in [9.17, 15) is 31.1 Å². The summed E-state index contributed by atoms with van der Waals surface area (Å²) in [6.07, 6.45) is -5.93. The minimum Gasteiger partial charge on any atom is -0.329 e. The van der Waals surface area contributed by atoms with Gasteiger partial charge in [-0.05, 0) is 30.3 Å². The number of aromatic nitrogens is 4. The Morgan fingerprint density at radius 2 is 1.74 bits per heavy atom. The summed E-state index contributed by atoms with van der Waals surface area (Å²) in [7, 11) is 1.41. The average molecular weight is 482 g/mol. The number of rotatable bonds is 4. The molecule has 3 heterocycles. The Bertz CT molecular complexity index is 1350. The standard InChI is InChI=1S/C21H16F6N6O/c1-32-15(9-17(31-32)21(25,26)27)13-5-6-33-16(10-28-18(33)8-13)12-3-2-4-14(7-12)30-19(34)29-11-20(22,23)24/h2-10H,11H2,1H3,(H2,29,30,34). The zero-order chi connectivity index (χ0) is 24.7. The molecule has 3 aromatic heterocycles. The molecule has 1 aromatic carbocycles. The second-order valence-corrected chi connectivity index (χ2v) is 7.33. The fourth-order valence-corrected chi connectivity index (χ4v) is 3.34. The van der Waals surface area contributed by atoms with Crippen molar-refractivity contribution >= 4 is 17.4 Å². The van der Waals surface area contributed by atoms with Crippen LogP contribution in [0.5, 0.6) is 0 Å². The van der Waals surface area contributed by atoms with Crippen LogP contribution >= 0.6 is 0 Å². The largest absolute Gasteiger partial charge is 0.435 e. The lowest BCUT2D eigenvalue weighted by Crippen LogP contribution is -2.36. The number of hydrogen-bond donors (Lipinski definition) is 2. The van der Waals surface area contributed by atoms with Crippen molar-refractivity contribution in [3.8, 4) is 22.5 Å². The normalized spacial score (nSPS) is 12.2. The van der Waals surface area contributed by atoms with Gasteiger partial charge in [-0.1, -0.05) is 12.1 Å². The zero-order valence-electron chi connectivity index (χ0n) is 17.4. The molecule has 0 aliphatic rings. The van der Waals surface area contributed by atoms with Crippen molar-refractivity contribution in [2.75, 3.05) is 11.9 Å². The third kappa shape index (κ3) is 4.97. The smallest absolute Gasteiger partial charge is 0.329 e. The van der Waals surface area contributed by atoms with E-state index >= 15 is 0 Å². The van der Waals surface area contributed by atoms with Crippen LogP contribution in [0, 0.1) is 0 Å². The number of halogens is 6. The van der Waals surface area contributed by atoms with Crippen LogP contribution in [0.2, 0.25) is 0 Å². The van der Waals surface area contributed by atoms with Gasteiger partial charge in [-0.2, -0.15) is 31.4 Å². The molecule has 0 aliphatic heterocycles. The summed E-state index contributed by atoms with van der Waals surface area (Å²) in [5.41, 5.74) is 1.65. The number of anilines is 1. The van der Waals surface area contributed by atoms with Gasteiger partial charge in [0, 0.05) is 30.1 Å². The number of pyridine rings is 1. The maximum atomic E-state index is 13.0. The molecule has 2 N–H and O–H groups in total. The Morgan fingerprint density at radius 1 is 1.00 bits per heavy atom. The second-order valence-electron chi connectivity index (χ2n) is 7.33. The summed E-state index contributed by atoms with van der Waals surface area (Å²) in [6, 6.07) is 9.56. The molecule has 0 bridgehead atoms. The van der Waals surface area contributed by atoms with Crippen LogP contribution in [0.4, 0.5) is 36.8 Å². The maximum absolute atomic E-state index is 13.0. The van der Waals surface area contributed by atoms with Crippen LogP contribution in [0.25, 0.3) is 28.2 Å². The first-order chi connectivity index (χ1) is 15.9. The summed E-state index contributed by atoms with van der Waals surface area (Å²) in [6.45, 7) is -1.46. The molecule has 34 heavy (non-hydrogen) atoms. The number of fused-ring (bicyclic) bond motifs is 1. The summed E-state index contributed by atoms with van der Waals surface area (Å²) in [4.78, 5) is 16.0. The van der Waals surface area contributed by atoms with E-state index in [-0.39, 0.29) is 11.4 Å². The van der Waals surface area contributed by atoms with Gasteiger partial charge in [0.15, 0.2) is 5.69 Å². The third-order valence-electron chi connectivity index (χ3n) is 4.84. The fourth-order valence-electron chi connectivity index (χ4n) is 3.34. The van der Waals surface area contributed by atoms with Crippen LogP contribution in [-0.4, -0.2) is 37.9 Å². The van der Waals surface area contributed by atoms with Gasteiger partial charge in [0.05, 0.1) is 17.6 Å². The van der Waals surface area contributed by atoms with Crippen LogP contribution in [0.3, 0.4) is 0 Å².